The van der Waals surface area contributed by atoms with Gasteiger partial charge in [-0.05, 0) is 36.1 Å². The summed E-state index contributed by atoms with van der Waals surface area (Å²) < 4.78 is 5.57. The number of carbonyl (C=O) groups is 1. The van der Waals surface area contributed by atoms with E-state index in [9.17, 15) is 4.79 Å². The Morgan fingerprint density at radius 2 is 1.70 bits per heavy atom. The van der Waals surface area contributed by atoms with E-state index in [1.165, 1.54) is 5.56 Å². The van der Waals surface area contributed by atoms with Crippen LogP contribution in [-0.2, 0) is 5.41 Å². The molecule has 0 N–H and O–H groups in total. The molecule has 0 spiro atoms. The Morgan fingerprint density at radius 3 is 2.30 bits per heavy atom. The summed E-state index contributed by atoms with van der Waals surface area (Å²) in [5.41, 5.74) is 2.92. The summed E-state index contributed by atoms with van der Waals surface area (Å²) in [7, 11) is 0. The first-order chi connectivity index (χ1) is 10.9. The molecule has 0 heterocycles. The molecule has 0 aliphatic rings. The Morgan fingerprint density at radius 1 is 1.04 bits per heavy atom. The van der Waals surface area contributed by atoms with Crippen molar-refractivity contribution < 1.29 is 9.53 Å². The second kappa shape index (κ2) is 7.28. The van der Waals surface area contributed by atoms with Crippen LogP contribution in [0, 0.1) is 0 Å². The van der Waals surface area contributed by atoms with Gasteiger partial charge in [-0.2, -0.15) is 0 Å². The van der Waals surface area contributed by atoms with Crippen molar-refractivity contribution in [3.8, 4) is 5.75 Å². The molecule has 0 aliphatic carbocycles. The third-order valence-corrected chi connectivity index (χ3v) is 3.67. The van der Waals surface area contributed by atoms with Crippen molar-refractivity contribution in [1.82, 2.24) is 0 Å². The maximum Gasteiger partial charge on any atom is 0.185 e. The lowest BCUT2D eigenvalue weighted by Crippen LogP contribution is -2.11. The van der Waals surface area contributed by atoms with E-state index < -0.39 is 0 Å². The van der Waals surface area contributed by atoms with Crippen LogP contribution in [0.4, 0.5) is 0 Å². The molecule has 0 amide bonds. The van der Waals surface area contributed by atoms with Crippen LogP contribution < -0.4 is 4.74 Å². The number of carbonyl (C=O) groups excluding carboxylic acids is 1. The van der Waals surface area contributed by atoms with Gasteiger partial charge < -0.3 is 4.74 Å². The number of allylic oxidation sites excluding steroid dienone is 1. The predicted molar refractivity (Wildman–Crippen MR) is 96.1 cm³/mol. The summed E-state index contributed by atoms with van der Waals surface area (Å²) >= 11 is 0. The predicted octanol–water partition coefficient (Wildman–Crippen LogP) is 5.28. The van der Waals surface area contributed by atoms with Crippen LogP contribution in [-0.4, -0.2) is 12.4 Å². The van der Waals surface area contributed by atoms with E-state index in [2.05, 4.69) is 20.8 Å². The first kappa shape index (κ1) is 17.0. The minimum absolute atomic E-state index is 0.00300. The van der Waals surface area contributed by atoms with E-state index in [0.29, 0.717) is 12.2 Å². The fourth-order valence-electron chi connectivity index (χ4n) is 2.30. The van der Waals surface area contributed by atoms with Gasteiger partial charge in [-0.25, -0.2) is 0 Å². The second-order valence-corrected chi connectivity index (χ2v) is 6.50. The molecule has 2 rings (SSSR count). The molecule has 2 heteroatoms. The molecule has 120 valence electrons. The lowest BCUT2D eigenvalue weighted by atomic mass is 9.86. The summed E-state index contributed by atoms with van der Waals surface area (Å²) in [5, 5.41) is 0. The van der Waals surface area contributed by atoms with Crippen molar-refractivity contribution in [3.05, 3.63) is 71.3 Å². The Labute approximate surface area is 138 Å². The Hall–Kier alpha value is -2.35. The summed E-state index contributed by atoms with van der Waals surface area (Å²) in [6.07, 6.45) is 3.41. The minimum atomic E-state index is -0.00300. The first-order valence-corrected chi connectivity index (χ1v) is 7.96. The molecule has 23 heavy (non-hydrogen) atoms. The minimum Gasteiger partial charge on any atom is -0.493 e. The zero-order valence-corrected chi connectivity index (χ0v) is 14.3. The largest absolute Gasteiger partial charge is 0.493 e. The van der Waals surface area contributed by atoms with Gasteiger partial charge in [0.15, 0.2) is 5.78 Å². The zero-order valence-electron chi connectivity index (χ0n) is 14.3. The highest BCUT2D eigenvalue weighted by Gasteiger charge is 2.13. The van der Waals surface area contributed by atoms with Crippen molar-refractivity contribution in [3.63, 3.8) is 0 Å². The summed E-state index contributed by atoms with van der Waals surface area (Å²) in [6.45, 7) is 9.03. The molecular formula is C21H24O2. The highest BCUT2D eigenvalue weighted by Crippen LogP contribution is 2.23. The molecule has 2 nitrogen and oxygen atoms in total. The van der Waals surface area contributed by atoms with Crippen molar-refractivity contribution in [2.45, 2.75) is 33.1 Å². The molecule has 0 radical (unpaired) electrons. The van der Waals surface area contributed by atoms with E-state index in [1.54, 1.807) is 6.08 Å². The number of hydrogen-bond acceptors (Lipinski definition) is 2. The highest BCUT2D eigenvalue weighted by molar-refractivity contribution is 6.06. The topological polar surface area (TPSA) is 26.3 Å². The molecule has 0 saturated carbocycles. The van der Waals surface area contributed by atoms with Crippen molar-refractivity contribution in [2.24, 2.45) is 0 Å². The average molecular weight is 308 g/mol. The third-order valence-electron chi connectivity index (χ3n) is 3.67. The number of para-hydroxylation sites is 1. The number of rotatable bonds is 5. The van der Waals surface area contributed by atoms with Crippen molar-refractivity contribution in [1.29, 1.82) is 0 Å². The van der Waals surface area contributed by atoms with Gasteiger partial charge in [-0.3, -0.25) is 4.79 Å². The van der Waals surface area contributed by atoms with Crippen LogP contribution in [0.3, 0.4) is 0 Å². The van der Waals surface area contributed by atoms with Gasteiger partial charge in [0.25, 0.3) is 0 Å². The lowest BCUT2D eigenvalue weighted by Gasteiger charge is -2.18. The standard InChI is InChI=1S/C21H24O2/c1-5-23-20-9-7-6-8-17(20)12-15-19(22)16-10-13-18(14-11-16)21(2,3)4/h6-15H,5H2,1-4H3/b15-12+. The monoisotopic (exact) mass is 308 g/mol. The van der Waals surface area contributed by atoms with Gasteiger partial charge in [0.2, 0.25) is 0 Å². The van der Waals surface area contributed by atoms with Gasteiger partial charge in [-0.15, -0.1) is 0 Å². The van der Waals surface area contributed by atoms with Crippen LogP contribution in [0.2, 0.25) is 0 Å². The van der Waals surface area contributed by atoms with Crippen molar-refractivity contribution in [2.75, 3.05) is 6.61 Å². The quantitative estimate of drug-likeness (QED) is 0.555. The highest BCUT2D eigenvalue weighted by atomic mass is 16.5. The summed E-state index contributed by atoms with van der Waals surface area (Å²) in [5.74, 6) is 0.791. The number of ketones is 1. The first-order valence-electron chi connectivity index (χ1n) is 7.96. The van der Waals surface area contributed by atoms with Gasteiger partial charge in [0.05, 0.1) is 6.61 Å². The van der Waals surface area contributed by atoms with Crippen LogP contribution in [0.25, 0.3) is 6.08 Å². The molecular weight excluding hydrogens is 284 g/mol. The Kier molecular flexibility index (Phi) is 5.38. The van der Waals surface area contributed by atoms with Crippen LogP contribution in [0.15, 0.2) is 54.6 Å². The number of ether oxygens (including phenoxy) is 1. The number of benzene rings is 2. The summed E-state index contributed by atoms with van der Waals surface area (Å²) in [4.78, 5) is 12.3. The maximum atomic E-state index is 12.3. The van der Waals surface area contributed by atoms with Gasteiger partial charge in [0, 0.05) is 11.1 Å². The molecule has 0 fully saturated rings. The molecule has 2 aromatic rings. The van der Waals surface area contributed by atoms with E-state index in [-0.39, 0.29) is 11.2 Å². The number of hydrogen-bond donors (Lipinski definition) is 0. The fourth-order valence-corrected chi connectivity index (χ4v) is 2.30. The second-order valence-electron chi connectivity index (χ2n) is 6.50. The lowest BCUT2D eigenvalue weighted by molar-refractivity contribution is 0.104. The third kappa shape index (κ3) is 4.56. The molecule has 0 saturated heterocycles. The van der Waals surface area contributed by atoms with Gasteiger partial charge in [0.1, 0.15) is 5.75 Å². The van der Waals surface area contributed by atoms with E-state index in [0.717, 1.165) is 11.3 Å². The molecule has 0 atom stereocenters. The normalized spacial score (nSPS) is 11.7. The van der Waals surface area contributed by atoms with Gasteiger partial charge in [-0.1, -0.05) is 63.2 Å². The van der Waals surface area contributed by atoms with Crippen molar-refractivity contribution >= 4 is 11.9 Å². The fraction of sp³-hybridized carbons (Fsp3) is 0.286. The smallest absolute Gasteiger partial charge is 0.185 e. The molecule has 0 aliphatic heterocycles. The molecule has 2 aromatic carbocycles. The molecule has 0 bridgehead atoms. The van der Waals surface area contributed by atoms with Crippen LogP contribution in [0.5, 0.6) is 5.75 Å². The van der Waals surface area contributed by atoms with E-state index in [4.69, 9.17) is 4.74 Å². The average Bonchev–Trinajstić information content (AvgIpc) is 2.53. The zero-order chi connectivity index (χ0) is 16.9. The molecule has 0 aromatic heterocycles. The van der Waals surface area contributed by atoms with Gasteiger partial charge >= 0.3 is 0 Å². The summed E-state index contributed by atoms with van der Waals surface area (Å²) in [6, 6.07) is 15.5. The van der Waals surface area contributed by atoms with Crippen LogP contribution >= 0.6 is 0 Å². The SMILES string of the molecule is CCOc1ccccc1/C=C/C(=O)c1ccc(C(C)(C)C)cc1. The molecule has 0 unspecified atom stereocenters. The Balaban J connectivity index is 2.16. The van der Waals surface area contributed by atoms with E-state index in [1.807, 2.05) is 61.5 Å². The van der Waals surface area contributed by atoms with Crippen LogP contribution in [0.1, 0.15) is 49.2 Å². The Bertz CT molecular complexity index is 689. The maximum absolute atomic E-state index is 12.3. The van der Waals surface area contributed by atoms with E-state index >= 15 is 0 Å².